The number of urea groups is 1. The Kier molecular flexibility index (Phi) is 11.8. The van der Waals surface area contributed by atoms with Crippen LogP contribution in [0.4, 0.5) is 42.6 Å². The molecule has 3 rings (SSSR count). The number of halogens is 6. The van der Waals surface area contributed by atoms with Crippen LogP contribution < -0.4 is 26.0 Å². The third-order valence-corrected chi connectivity index (χ3v) is 5.67. The van der Waals surface area contributed by atoms with E-state index in [1.165, 1.54) is 22.9 Å². The number of amides is 3. The Morgan fingerprint density at radius 3 is 2.20 bits per heavy atom. The summed E-state index contributed by atoms with van der Waals surface area (Å²) < 4.78 is 86.1. The number of anilines is 2. The highest BCUT2D eigenvalue weighted by atomic mass is 19.4. The molecule has 1 aromatic heterocycles. The van der Waals surface area contributed by atoms with Crippen molar-refractivity contribution in [3.8, 4) is 5.75 Å². The number of hydrogen-bond acceptors (Lipinski definition) is 7. The molecule has 1 heterocycles. The maximum absolute atomic E-state index is 13.0. The van der Waals surface area contributed by atoms with E-state index in [1.54, 1.807) is 0 Å². The van der Waals surface area contributed by atoms with Gasteiger partial charge in [-0.1, -0.05) is 26.0 Å². The Hall–Kier alpha value is -4.80. The van der Waals surface area contributed by atoms with Crippen LogP contribution in [0, 0.1) is 5.92 Å². The highest BCUT2D eigenvalue weighted by Gasteiger charge is 2.31. The second-order valence-corrected chi connectivity index (χ2v) is 9.92. The lowest BCUT2D eigenvalue weighted by atomic mass is 10.1. The first-order valence-electron chi connectivity index (χ1n) is 13.4. The van der Waals surface area contributed by atoms with E-state index in [-0.39, 0.29) is 43.6 Å². The molecule has 3 amide bonds. The lowest BCUT2D eigenvalue weighted by Crippen LogP contribution is -2.32. The van der Waals surface area contributed by atoms with Crippen LogP contribution in [0.1, 0.15) is 35.6 Å². The number of carbonyl (C=O) groups excluding carboxylic acids is 3. The molecule has 0 aliphatic heterocycles. The maximum atomic E-state index is 13.0. The van der Waals surface area contributed by atoms with Crippen LogP contribution in [0.2, 0.25) is 0 Å². The summed E-state index contributed by atoms with van der Waals surface area (Å²) in [5.74, 6) is -1.75. The van der Waals surface area contributed by atoms with Crippen LogP contribution >= 0.6 is 0 Å². The van der Waals surface area contributed by atoms with Gasteiger partial charge < -0.3 is 30.0 Å². The Balaban J connectivity index is 1.67. The number of alkyl halides is 6. The molecule has 0 bridgehead atoms. The van der Waals surface area contributed by atoms with Crippen LogP contribution in [-0.2, 0) is 22.3 Å². The molecule has 244 valence electrons. The van der Waals surface area contributed by atoms with E-state index in [0.29, 0.717) is 18.0 Å². The summed E-state index contributed by atoms with van der Waals surface area (Å²) >= 11 is 0. The molecule has 0 saturated carbocycles. The van der Waals surface area contributed by atoms with Crippen molar-refractivity contribution in [2.45, 2.75) is 32.9 Å². The highest BCUT2D eigenvalue weighted by Crippen LogP contribution is 2.29. The number of ether oxygens (including phenoxy) is 2. The third kappa shape index (κ3) is 12.0. The van der Waals surface area contributed by atoms with Crippen molar-refractivity contribution in [2.75, 3.05) is 36.9 Å². The zero-order chi connectivity index (χ0) is 33.2. The smallest absolute Gasteiger partial charge is 0.463 e. The molecule has 4 N–H and O–H groups in total. The zero-order valence-corrected chi connectivity index (χ0v) is 24.0. The molecule has 0 saturated heterocycles. The molecule has 0 aliphatic carbocycles. The number of esters is 1. The van der Waals surface area contributed by atoms with Gasteiger partial charge in [-0.15, -0.1) is 13.2 Å². The van der Waals surface area contributed by atoms with Crippen LogP contribution in [0.5, 0.6) is 5.75 Å². The summed E-state index contributed by atoms with van der Waals surface area (Å²) in [5, 5.41) is 10.2. The van der Waals surface area contributed by atoms with Gasteiger partial charge in [0.25, 0.3) is 5.91 Å². The number of carbonyl (C=O) groups is 3. The first kappa shape index (κ1) is 34.7. The van der Waals surface area contributed by atoms with E-state index < -0.39 is 41.8 Å². The fraction of sp³-hybridized carbons (Fsp3) is 0.357. The van der Waals surface area contributed by atoms with Gasteiger partial charge in [0.1, 0.15) is 12.4 Å². The lowest BCUT2D eigenvalue weighted by molar-refractivity contribution is -0.274. The van der Waals surface area contributed by atoms with Crippen molar-refractivity contribution in [1.82, 2.24) is 20.2 Å². The summed E-state index contributed by atoms with van der Waals surface area (Å²) in [6.45, 7) is 4.22. The van der Waals surface area contributed by atoms with E-state index in [4.69, 9.17) is 4.74 Å². The van der Waals surface area contributed by atoms with E-state index in [9.17, 15) is 40.7 Å². The standard InChI is InChI=1S/C28H30F6N6O5/c1-17(2)13-35-14-23(41)44-12-11-36-25(42)24-38-22(16-40(24)15-18-3-5-19(6-4-18)27(29,30)31)39-26(43)37-20-7-9-21(10-8-20)45-28(32,33)34/h3-10,16-17,35H,11-15H2,1-2H3,(H,36,42)(H2,37,39,43). The number of aromatic nitrogens is 2. The summed E-state index contributed by atoms with van der Waals surface area (Å²) in [7, 11) is 0. The fourth-order valence-electron chi connectivity index (χ4n) is 3.71. The maximum Gasteiger partial charge on any atom is 0.573 e. The van der Waals surface area contributed by atoms with Crippen LogP contribution in [-0.4, -0.2) is 60.1 Å². The van der Waals surface area contributed by atoms with Gasteiger partial charge in [-0.25, -0.2) is 9.78 Å². The van der Waals surface area contributed by atoms with E-state index in [1.807, 2.05) is 13.8 Å². The molecule has 0 fully saturated rings. The van der Waals surface area contributed by atoms with Crippen LogP contribution in [0.3, 0.4) is 0 Å². The van der Waals surface area contributed by atoms with Crippen LogP contribution in [0.15, 0.2) is 54.7 Å². The number of nitrogens with one attached hydrogen (secondary N) is 4. The number of rotatable bonds is 13. The van der Waals surface area contributed by atoms with Crippen molar-refractivity contribution in [3.05, 3.63) is 71.7 Å². The van der Waals surface area contributed by atoms with E-state index in [0.717, 1.165) is 36.4 Å². The second-order valence-electron chi connectivity index (χ2n) is 9.92. The van der Waals surface area contributed by atoms with Crippen molar-refractivity contribution >= 4 is 29.4 Å². The van der Waals surface area contributed by atoms with Crippen LogP contribution in [0.25, 0.3) is 0 Å². The third-order valence-electron chi connectivity index (χ3n) is 5.67. The quantitative estimate of drug-likeness (QED) is 0.117. The van der Waals surface area contributed by atoms with Crippen molar-refractivity contribution in [2.24, 2.45) is 5.92 Å². The number of hydrogen-bond donors (Lipinski definition) is 4. The van der Waals surface area contributed by atoms with Gasteiger partial charge in [0.05, 0.1) is 18.7 Å². The molecule has 17 heteroatoms. The molecule has 45 heavy (non-hydrogen) atoms. The minimum Gasteiger partial charge on any atom is -0.463 e. The monoisotopic (exact) mass is 644 g/mol. The van der Waals surface area contributed by atoms with E-state index >= 15 is 0 Å². The molecule has 0 unspecified atom stereocenters. The van der Waals surface area contributed by atoms with Gasteiger partial charge in [0.2, 0.25) is 5.82 Å². The molecular weight excluding hydrogens is 614 g/mol. The van der Waals surface area contributed by atoms with Gasteiger partial charge >= 0.3 is 24.5 Å². The molecule has 2 aromatic carbocycles. The SMILES string of the molecule is CC(C)CNCC(=O)OCCNC(=O)c1nc(NC(=O)Nc2ccc(OC(F)(F)F)cc2)cn1Cc1ccc(C(F)(F)F)cc1. The van der Waals surface area contributed by atoms with Gasteiger partial charge in [0, 0.05) is 18.4 Å². The molecule has 0 aliphatic rings. The Bertz CT molecular complexity index is 1440. The average molecular weight is 645 g/mol. The highest BCUT2D eigenvalue weighted by molar-refractivity contribution is 6.00. The Labute approximate surface area is 253 Å². The zero-order valence-electron chi connectivity index (χ0n) is 24.0. The number of imidazole rings is 1. The minimum absolute atomic E-state index is 0.00770. The van der Waals surface area contributed by atoms with Gasteiger partial charge in [-0.05, 0) is 54.4 Å². The average Bonchev–Trinajstić information content (AvgIpc) is 3.32. The molecule has 0 atom stereocenters. The first-order chi connectivity index (χ1) is 21.1. The molecule has 11 nitrogen and oxygen atoms in total. The fourth-order valence-corrected chi connectivity index (χ4v) is 3.71. The largest absolute Gasteiger partial charge is 0.573 e. The lowest BCUT2D eigenvalue weighted by Gasteiger charge is -2.11. The topological polar surface area (TPSA) is 136 Å². The predicted molar refractivity (Wildman–Crippen MR) is 150 cm³/mol. The molecule has 3 aromatic rings. The summed E-state index contributed by atoms with van der Waals surface area (Å²) in [6, 6.07) is 7.66. The summed E-state index contributed by atoms with van der Waals surface area (Å²) in [4.78, 5) is 41.4. The normalized spacial score (nSPS) is 11.7. The number of benzene rings is 2. The molecule has 0 spiro atoms. The Morgan fingerprint density at radius 2 is 1.60 bits per heavy atom. The first-order valence-corrected chi connectivity index (χ1v) is 13.4. The van der Waals surface area contributed by atoms with Crippen molar-refractivity contribution in [1.29, 1.82) is 0 Å². The minimum atomic E-state index is -4.88. The summed E-state index contributed by atoms with van der Waals surface area (Å²) in [5.41, 5.74) is -0.367. The van der Waals surface area contributed by atoms with E-state index in [2.05, 4.69) is 31.0 Å². The number of nitrogens with zero attached hydrogens (tertiary/aromatic N) is 2. The van der Waals surface area contributed by atoms with Gasteiger partial charge in [-0.2, -0.15) is 13.2 Å². The second kappa shape index (κ2) is 15.3. The van der Waals surface area contributed by atoms with Crippen molar-refractivity contribution in [3.63, 3.8) is 0 Å². The van der Waals surface area contributed by atoms with Gasteiger partial charge in [0.15, 0.2) is 5.82 Å². The van der Waals surface area contributed by atoms with Crippen molar-refractivity contribution < 1.29 is 50.2 Å². The summed E-state index contributed by atoms with van der Waals surface area (Å²) in [6.07, 6.45) is -8.15. The molecular formula is C28H30F6N6O5. The molecule has 0 radical (unpaired) electrons. The Morgan fingerprint density at radius 1 is 0.933 bits per heavy atom. The van der Waals surface area contributed by atoms with Gasteiger partial charge in [-0.3, -0.25) is 14.9 Å². The predicted octanol–water partition coefficient (Wildman–Crippen LogP) is 5.01.